The minimum absolute atomic E-state index is 0.0118. The summed E-state index contributed by atoms with van der Waals surface area (Å²) in [4.78, 5) is 14.8. The summed E-state index contributed by atoms with van der Waals surface area (Å²) < 4.78 is 47.5. The largest absolute Gasteiger partial charge is 0.467 e. The van der Waals surface area contributed by atoms with Gasteiger partial charge in [-0.3, -0.25) is 4.79 Å². The lowest BCUT2D eigenvalue weighted by Gasteiger charge is -2.38. The first-order chi connectivity index (χ1) is 13.7. The van der Waals surface area contributed by atoms with Gasteiger partial charge in [-0.2, -0.15) is 18.3 Å². The summed E-state index contributed by atoms with van der Waals surface area (Å²) in [6.07, 6.45) is -0.783. The lowest BCUT2D eigenvalue weighted by molar-refractivity contribution is -0.174. The molecule has 1 N–H and O–H groups in total. The van der Waals surface area contributed by atoms with Crippen LogP contribution in [0, 0.1) is 0 Å². The number of nitrogens with zero attached hydrogens (tertiary/aromatic N) is 3. The van der Waals surface area contributed by atoms with Crippen LogP contribution in [0.5, 0.6) is 0 Å². The summed E-state index contributed by atoms with van der Waals surface area (Å²) in [5.41, 5.74) is -0.149. The Morgan fingerprint density at radius 1 is 1.31 bits per heavy atom. The second-order valence-electron chi connectivity index (χ2n) is 7.80. The predicted molar refractivity (Wildman–Crippen MR) is 101 cm³/mol. The Kier molecular flexibility index (Phi) is 5.04. The summed E-state index contributed by atoms with van der Waals surface area (Å²) in [5.74, 6) is -0.0786. The minimum Gasteiger partial charge on any atom is -0.467 e. The van der Waals surface area contributed by atoms with Gasteiger partial charge in [-0.25, -0.2) is 4.68 Å². The normalized spacial score (nSPS) is 27.4. The SMILES string of the molecule is C[C@@H]1CCC[C@@H](C)N1C(=O)c1nn2c(c1Cl)N[C@@H](c1ccco1)C[C@H]2C(F)(F)F. The highest BCUT2D eigenvalue weighted by molar-refractivity contribution is 6.36. The summed E-state index contributed by atoms with van der Waals surface area (Å²) in [5, 5.41) is 6.92. The van der Waals surface area contributed by atoms with Gasteiger partial charge in [-0.05, 0) is 45.2 Å². The van der Waals surface area contributed by atoms with Crippen LogP contribution in [0.1, 0.15) is 67.9 Å². The molecule has 10 heteroatoms. The van der Waals surface area contributed by atoms with E-state index in [1.54, 1.807) is 17.0 Å². The number of hydrogen-bond donors (Lipinski definition) is 1. The number of halogens is 4. The molecular weight excluding hydrogens is 409 g/mol. The van der Waals surface area contributed by atoms with Gasteiger partial charge in [0.05, 0.1) is 12.3 Å². The maximum absolute atomic E-state index is 13.8. The third kappa shape index (κ3) is 3.49. The fraction of sp³-hybridized carbons (Fsp3) is 0.579. The van der Waals surface area contributed by atoms with Crippen LogP contribution in [0.2, 0.25) is 5.02 Å². The monoisotopic (exact) mass is 430 g/mol. The van der Waals surface area contributed by atoms with E-state index in [4.69, 9.17) is 16.0 Å². The second kappa shape index (κ2) is 7.27. The molecule has 2 aromatic heterocycles. The van der Waals surface area contributed by atoms with Crippen LogP contribution in [-0.2, 0) is 0 Å². The summed E-state index contributed by atoms with van der Waals surface area (Å²) in [6, 6.07) is 0.528. The molecule has 0 bridgehead atoms. The molecule has 2 aromatic rings. The molecule has 0 aliphatic carbocycles. The first-order valence-electron chi connectivity index (χ1n) is 9.65. The number of hydrogen-bond acceptors (Lipinski definition) is 4. The zero-order chi connectivity index (χ0) is 20.9. The lowest BCUT2D eigenvalue weighted by atomic mass is 9.97. The van der Waals surface area contributed by atoms with Crippen molar-refractivity contribution in [3.8, 4) is 0 Å². The van der Waals surface area contributed by atoms with Crippen LogP contribution >= 0.6 is 11.6 Å². The van der Waals surface area contributed by atoms with Gasteiger partial charge >= 0.3 is 6.18 Å². The number of nitrogens with one attached hydrogen (secondary N) is 1. The average molecular weight is 431 g/mol. The number of aromatic nitrogens is 2. The molecule has 1 amide bonds. The van der Waals surface area contributed by atoms with Crippen molar-refractivity contribution in [1.82, 2.24) is 14.7 Å². The first kappa shape index (κ1) is 20.1. The van der Waals surface area contributed by atoms with E-state index in [1.807, 2.05) is 13.8 Å². The van der Waals surface area contributed by atoms with Gasteiger partial charge in [-0.1, -0.05) is 11.6 Å². The Labute approximate surface area is 171 Å². The molecule has 4 rings (SSSR count). The molecule has 4 heterocycles. The maximum atomic E-state index is 13.8. The highest BCUT2D eigenvalue weighted by atomic mass is 35.5. The molecule has 29 heavy (non-hydrogen) atoms. The zero-order valence-electron chi connectivity index (χ0n) is 16.0. The summed E-state index contributed by atoms with van der Waals surface area (Å²) in [7, 11) is 0. The Morgan fingerprint density at radius 2 is 2.00 bits per heavy atom. The molecular formula is C19H22ClF3N4O2. The molecule has 158 valence electrons. The molecule has 4 atom stereocenters. The smallest absolute Gasteiger partial charge is 0.410 e. The van der Waals surface area contributed by atoms with Crippen molar-refractivity contribution in [2.75, 3.05) is 5.32 Å². The molecule has 6 nitrogen and oxygen atoms in total. The van der Waals surface area contributed by atoms with Crippen molar-refractivity contribution in [3.05, 3.63) is 34.9 Å². The molecule has 0 aromatic carbocycles. The second-order valence-corrected chi connectivity index (χ2v) is 8.18. The number of amides is 1. The number of carbonyl (C=O) groups is 1. The maximum Gasteiger partial charge on any atom is 0.410 e. The van der Waals surface area contributed by atoms with Crippen LogP contribution in [-0.4, -0.2) is 38.8 Å². The van der Waals surface area contributed by atoms with Crippen molar-refractivity contribution in [1.29, 1.82) is 0 Å². The number of anilines is 1. The Hall–Kier alpha value is -2.16. The zero-order valence-corrected chi connectivity index (χ0v) is 16.8. The number of fused-ring (bicyclic) bond motifs is 1. The van der Waals surface area contributed by atoms with Gasteiger partial charge in [0, 0.05) is 18.5 Å². The number of likely N-dealkylation sites (tertiary alicyclic amines) is 1. The van der Waals surface area contributed by atoms with Gasteiger partial charge < -0.3 is 14.6 Å². The average Bonchev–Trinajstić information content (AvgIpc) is 3.28. The van der Waals surface area contributed by atoms with Crippen molar-refractivity contribution in [2.45, 2.75) is 69.9 Å². The fourth-order valence-electron chi connectivity index (χ4n) is 4.35. The highest BCUT2D eigenvalue weighted by Gasteiger charge is 2.48. The van der Waals surface area contributed by atoms with Crippen molar-refractivity contribution >= 4 is 23.3 Å². The molecule has 0 spiro atoms. The van der Waals surface area contributed by atoms with E-state index in [0.717, 1.165) is 23.9 Å². The van der Waals surface area contributed by atoms with E-state index < -0.39 is 24.2 Å². The Morgan fingerprint density at radius 3 is 2.59 bits per heavy atom. The van der Waals surface area contributed by atoms with Gasteiger partial charge in [0.15, 0.2) is 11.7 Å². The molecule has 2 aliphatic rings. The lowest BCUT2D eigenvalue weighted by Crippen LogP contribution is -2.47. The molecule has 0 saturated carbocycles. The third-order valence-corrected chi connectivity index (χ3v) is 6.17. The van der Waals surface area contributed by atoms with Crippen molar-refractivity contribution in [3.63, 3.8) is 0 Å². The van der Waals surface area contributed by atoms with E-state index in [0.29, 0.717) is 5.76 Å². The molecule has 1 saturated heterocycles. The number of rotatable bonds is 2. The van der Waals surface area contributed by atoms with E-state index in [2.05, 4.69) is 10.4 Å². The number of alkyl halides is 3. The quantitative estimate of drug-likeness (QED) is 0.711. The number of carbonyl (C=O) groups excluding carboxylic acids is 1. The van der Waals surface area contributed by atoms with Gasteiger partial charge in [0.25, 0.3) is 5.91 Å². The molecule has 0 radical (unpaired) electrons. The Bertz CT molecular complexity index is 886. The molecule has 0 unspecified atom stereocenters. The third-order valence-electron chi connectivity index (χ3n) is 5.81. The van der Waals surface area contributed by atoms with Gasteiger partial charge in [0.2, 0.25) is 0 Å². The van der Waals surface area contributed by atoms with Crippen LogP contribution in [0.4, 0.5) is 19.0 Å². The molecule has 1 fully saturated rings. The van der Waals surface area contributed by atoms with E-state index in [1.165, 1.54) is 6.26 Å². The van der Waals surface area contributed by atoms with Gasteiger partial charge in [0.1, 0.15) is 16.6 Å². The van der Waals surface area contributed by atoms with Crippen molar-refractivity contribution in [2.24, 2.45) is 0 Å². The molecule has 2 aliphatic heterocycles. The summed E-state index contributed by atoms with van der Waals surface area (Å²) in [6.45, 7) is 3.86. The standard InChI is InChI=1S/C19H22ClF3N4O2/c1-10-5-3-6-11(2)26(10)18(28)16-15(20)17-24-12(13-7-4-8-29-13)9-14(19(21,22)23)27(17)25-16/h4,7-8,10-12,14,24H,3,5-6,9H2,1-2H3/t10-,11-,12-,14+/m1/s1. The topological polar surface area (TPSA) is 63.3 Å². The highest BCUT2D eigenvalue weighted by Crippen LogP contribution is 2.46. The van der Waals surface area contributed by atoms with Crippen LogP contribution in [0.15, 0.2) is 22.8 Å². The Balaban J connectivity index is 1.74. The minimum atomic E-state index is -4.55. The van der Waals surface area contributed by atoms with Gasteiger partial charge in [-0.15, -0.1) is 0 Å². The summed E-state index contributed by atoms with van der Waals surface area (Å²) >= 11 is 6.40. The number of furan rings is 1. The van der Waals surface area contributed by atoms with E-state index >= 15 is 0 Å². The van der Waals surface area contributed by atoms with E-state index in [-0.39, 0.29) is 35.0 Å². The predicted octanol–water partition coefficient (Wildman–Crippen LogP) is 5.19. The van der Waals surface area contributed by atoms with Crippen molar-refractivity contribution < 1.29 is 22.4 Å². The fourth-order valence-corrected chi connectivity index (χ4v) is 4.61. The van der Waals surface area contributed by atoms with Crippen LogP contribution in [0.25, 0.3) is 0 Å². The van der Waals surface area contributed by atoms with Crippen LogP contribution in [0.3, 0.4) is 0 Å². The van der Waals surface area contributed by atoms with E-state index in [9.17, 15) is 18.0 Å². The van der Waals surface area contributed by atoms with Crippen LogP contribution < -0.4 is 5.32 Å². The number of piperidine rings is 1. The first-order valence-corrected chi connectivity index (χ1v) is 10.0.